The van der Waals surface area contributed by atoms with E-state index in [2.05, 4.69) is 5.32 Å². The van der Waals surface area contributed by atoms with Crippen LogP contribution < -0.4 is 5.32 Å². The lowest BCUT2D eigenvalue weighted by Gasteiger charge is -2.29. The molecular weight excluding hydrogens is 387 g/mol. The number of amides is 1. The molecule has 0 aliphatic carbocycles. The summed E-state index contributed by atoms with van der Waals surface area (Å²) in [4.78, 5) is 24.0. The molecule has 0 saturated carbocycles. The first kappa shape index (κ1) is 24.5. The monoisotopic (exact) mass is 415 g/mol. The summed E-state index contributed by atoms with van der Waals surface area (Å²) in [6.45, 7) is 7.71. The third-order valence-electron chi connectivity index (χ3n) is 3.84. The fraction of sp³-hybridized carbons (Fsp3) is 0.524. The molecule has 1 aromatic carbocycles. The molecule has 162 valence electrons. The Morgan fingerprint density at radius 2 is 1.72 bits per heavy atom. The van der Waals surface area contributed by atoms with E-state index in [9.17, 15) is 22.8 Å². The molecule has 0 aliphatic rings. The van der Waals surface area contributed by atoms with E-state index < -0.39 is 35.8 Å². The Hall–Kier alpha value is -2.51. The van der Waals surface area contributed by atoms with E-state index in [-0.39, 0.29) is 18.6 Å². The van der Waals surface area contributed by atoms with Crippen molar-refractivity contribution in [3.05, 3.63) is 47.5 Å². The highest BCUT2D eigenvalue weighted by molar-refractivity contribution is 5.87. The van der Waals surface area contributed by atoms with Crippen molar-refractivity contribution in [3.8, 4) is 0 Å². The topological polar surface area (TPSA) is 64.6 Å². The van der Waals surface area contributed by atoms with Crippen LogP contribution in [0.2, 0.25) is 0 Å². The van der Waals surface area contributed by atoms with Crippen LogP contribution >= 0.6 is 0 Å². The van der Waals surface area contributed by atoms with Crippen LogP contribution in [0.4, 0.5) is 18.0 Å². The number of ether oxygens (including phenoxy) is 2. The molecule has 0 saturated heterocycles. The van der Waals surface area contributed by atoms with Crippen molar-refractivity contribution >= 4 is 12.1 Å². The van der Waals surface area contributed by atoms with Crippen LogP contribution in [0.25, 0.3) is 0 Å². The van der Waals surface area contributed by atoms with Gasteiger partial charge >= 0.3 is 18.2 Å². The first-order valence-electron chi connectivity index (χ1n) is 9.29. The Morgan fingerprint density at radius 1 is 1.14 bits per heavy atom. The predicted octanol–water partition coefficient (Wildman–Crippen LogP) is 4.81. The first-order valence-corrected chi connectivity index (χ1v) is 9.29. The summed E-state index contributed by atoms with van der Waals surface area (Å²) in [5.41, 5.74) is -0.450. The van der Waals surface area contributed by atoms with E-state index in [1.807, 2.05) is 0 Å². The summed E-state index contributed by atoms with van der Waals surface area (Å²) in [6, 6.07) is 7.09. The molecule has 8 heteroatoms. The van der Waals surface area contributed by atoms with Gasteiger partial charge in [0.25, 0.3) is 0 Å². The Bertz CT molecular complexity index is 709. The molecule has 1 unspecified atom stereocenters. The molecule has 1 N–H and O–H groups in total. The number of esters is 1. The Morgan fingerprint density at radius 3 is 2.21 bits per heavy atom. The maximum absolute atomic E-state index is 13.9. The number of halogens is 3. The second kappa shape index (κ2) is 10.3. The lowest BCUT2D eigenvalue weighted by molar-refractivity contribution is -0.168. The summed E-state index contributed by atoms with van der Waals surface area (Å²) >= 11 is 0. The van der Waals surface area contributed by atoms with Crippen molar-refractivity contribution < 1.29 is 32.2 Å². The lowest BCUT2D eigenvalue weighted by Crippen LogP contribution is -2.48. The largest absolute Gasteiger partial charge is 0.463 e. The van der Waals surface area contributed by atoms with Gasteiger partial charge in [0.1, 0.15) is 5.60 Å². The molecule has 1 rings (SSSR count). The molecule has 1 aromatic rings. The van der Waals surface area contributed by atoms with Crippen LogP contribution in [-0.2, 0) is 20.7 Å². The summed E-state index contributed by atoms with van der Waals surface area (Å²) < 4.78 is 51.6. The van der Waals surface area contributed by atoms with Gasteiger partial charge in [-0.25, -0.2) is 9.59 Å². The minimum absolute atomic E-state index is 0.0459. The summed E-state index contributed by atoms with van der Waals surface area (Å²) in [7, 11) is 0. The summed E-state index contributed by atoms with van der Waals surface area (Å²) in [6.07, 6.45) is -4.97. The van der Waals surface area contributed by atoms with Gasteiger partial charge in [0, 0.05) is 5.57 Å². The van der Waals surface area contributed by atoms with E-state index in [0.717, 1.165) is 6.08 Å². The second-order valence-corrected chi connectivity index (χ2v) is 7.58. The molecule has 0 heterocycles. The molecular formula is C21H28F3NO4. The zero-order valence-corrected chi connectivity index (χ0v) is 17.3. The second-order valence-electron chi connectivity index (χ2n) is 7.58. The number of benzene rings is 1. The van der Waals surface area contributed by atoms with E-state index >= 15 is 0 Å². The molecule has 2 atom stereocenters. The van der Waals surface area contributed by atoms with Crippen molar-refractivity contribution in [2.75, 3.05) is 6.61 Å². The first-order chi connectivity index (χ1) is 13.3. The number of hydrogen-bond donors (Lipinski definition) is 1. The third-order valence-corrected chi connectivity index (χ3v) is 3.84. The van der Waals surface area contributed by atoms with Crippen molar-refractivity contribution in [2.24, 2.45) is 5.92 Å². The van der Waals surface area contributed by atoms with E-state index in [1.165, 1.54) is 6.92 Å². The number of rotatable bonds is 7. The number of nitrogens with one attached hydrogen (secondary N) is 1. The lowest BCUT2D eigenvalue weighted by atomic mass is 9.91. The Balaban J connectivity index is 3.26. The molecule has 0 bridgehead atoms. The molecule has 1 amide bonds. The normalized spacial score (nSPS) is 14.7. The van der Waals surface area contributed by atoms with Crippen LogP contribution in [0.5, 0.6) is 0 Å². The van der Waals surface area contributed by atoms with Gasteiger partial charge in [-0.05, 0) is 46.6 Å². The average Bonchev–Trinajstić information content (AvgIpc) is 2.57. The highest BCUT2D eigenvalue weighted by atomic mass is 19.4. The number of carbonyl (C=O) groups is 2. The predicted molar refractivity (Wildman–Crippen MR) is 103 cm³/mol. The van der Waals surface area contributed by atoms with E-state index in [1.54, 1.807) is 58.0 Å². The van der Waals surface area contributed by atoms with Gasteiger partial charge < -0.3 is 14.8 Å². The quantitative estimate of drug-likeness (QED) is 0.513. The van der Waals surface area contributed by atoms with Gasteiger partial charge in [-0.15, -0.1) is 0 Å². The van der Waals surface area contributed by atoms with Crippen molar-refractivity contribution in [1.82, 2.24) is 5.32 Å². The highest BCUT2D eigenvalue weighted by Crippen LogP contribution is 2.33. The van der Waals surface area contributed by atoms with Gasteiger partial charge in [0.2, 0.25) is 0 Å². The van der Waals surface area contributed by atoms with Crippen molar-refractivity contribution in [2.45, 2.75) is 58.9 Å². The number of hydrogen-bond acceptors (Lipinski definition) is 4. The molecule has 0 aliphatic heterocycles. The van der Waals surface area contributed by atoms with E-state index in [4.69, 9.17) is 9.47 Å². The maximum Gasteiger partial charge on any atom is 0.407 e. The van der Waals surface area contributed by atoms with Gasteiger partial charge in [-0.2, -0.15) is 13.2 Å². The Labute approximate surface area is 169 Å². The fourth-order valence-electron chi connectivity index (χ4n) is 2.62. The van der Waals surface area contributed by atoms with Crippen molar-refractivity contribution in [3.63, 3.8) is 0 Å². The van der Waals surface area contributed by atoms with Crippen LogP contribution in [0.1, 0.15) is 40.2 Å². The van der Waals surface area contributed by atoms with Gasteiger partial charge in [0.15, 0.2) is 0 Å². The summed E-state index contributed by atoms with van der Waals surface area (Å²) in [5, 5.41) is 2.33. The number of alkyl carbamates (subject to hydrolysis) is 1. The fourth-order valence-corrected chi connectivity index (χ4v) is 2.62. The minimum Gasteiger partial charge on any atom is -0.463 e. The maximum atomic E-state index is 13.9. The van der Waals surface area contributed by atoms with Gasteiger partial charge in [-0.3, -0.25) is 0 Å². The standard InChI is InChI=1S/C21H28F3NO4/c1-6-28-18(26)14(2)12-16(21(22,23)24)17(13-15-10-8-7-9-11-15)25-19(27)29-20(3,4)5/h7-12,16-17H,6,13H2,1-5H3,(H,25,27)/b14-12+/t16?,17-/m0/s1. The number of carbonyl (C=O) groups excluding carboxylic acids is 2. The molecule has 0 spiro atoms. The van der Waals surface area contributed by atoms with Crippen LogP contribution in [0.3, 0.4) is 0 Å². The van der Waals surface area contributed by atoms with Gasteiger partial charge in [-0.1, -0.05) is 36.4 Å². The molecule has 29 heavy (non-hydrogen) atoms. The minimum atomic E-state index is -4.71. The summed E-state index contributed by atoms with van der Waals surface area (Å²) in [5.74, 6) is -2.95. The zero-order valence-electron chi connectivity index (χ0n) is 17.3. The third kappa shape index (κ3) is 9.02. The SMILES string of the molecule is CCOC(=O)/C(C)=C/C([C@H](Cc1ccccc1)NC(=O)OC(C)(C)C)C(F)(F)F. The molecule has 0 aromatic heterocycles. The molecule has 0 fully saturated rings. The van der Waals surface area contributed by atoms with Crippen LogP contribution in [0.15, 0.2) is 42.0 Å². The smallest absolute Gasteiger partial charge is 0.407 e. The Kier molecular flexibility index (Phi) is 8.73. The highest BCUT2D eigenvalue weighted by Gasteiger charge is 2.44. The van der Waals surface area contributed by atoms with Crippen molar-refractivity contribution in [1.29, 1.82) is 0 Å². The average molecular weight is 415 g/mol. The van der Waals surface area contributed by atoms with Crippen LogP contribution in [-0.4, -0.2) is 36.5 Å². The molecule has 0 radical (unpaired) electrons. The molecule has 5 nitrogen and oxygen atoms in total. The number of alkyl halides is 3. The zero-order chi connectivity index (χ0) is 22.2. The van der Waals surface area contributed by atoms with E-state index in [0.29, 0.717) is 5.56 Å². The van der Waals surface area contributed by atoms with Crippen LogP contribution in [0, 0.1) is 5.92 Å². The van der Waals surface area contributed by atoms with Gasteiger partial charge in [0.05, 0.1) is 18.6 Å².